The molecule has 2 aromatic carbocycles. The second kappa shape index (κ2) is 10.3. The van der Waals surface area contributed by atoms with Crippen molar-refractivity contribution in [3.05, 3.63) is 71.8 Å². The van der Waals surface area contributed by atoms with Gasteiger partial charge in [0.2, 0.25) is 0 Å². The Morgan fingerprint density at radius 3 is 2.00 bits per heavy atom. The minimum Gasteiger partial charge on any atom is -0.478 e. The summed E-state index contributed by atoms with van der Waals surface area (Å²) in [6.07, 6.45) is 5.13. The zero-order valence-corrected chi connectivity index (χ0v) is 15.7. The highest BCUT2D eigenvalue weighted by Crippen LogP contribution is 2.21. The molecule has 142 valence electrons. The number of carbonyl (C=O) groups excluding carboxylic acids is 1. The minimum absolute atomic E-state index is 0.296. The Hall–Kier alpha value is -2.88. The van der Waals surface area contributed by atoms with Crippen molar-refractivity contribution in [3.63, 3.8) is 0 Å². The van der Waals surface area contributed by atoms with E-state index >= 15 is 0 Å². The summed E-state index contributed by atoms with van der Waals surface area (Å²) in [4.78, 5) is 22.2. The third kappa shape index (κ3) is 6.74. The molecule has 0 atom stereocenters. The number of rotatable bonds is 10. The Balaban J connectivity index is 1.70. The first kappa shape index (κ1) is 20.4. The van der Waals surface area contributed by atoms with Crippen LogP contribution < -0.4 is 0 Å². The van der Waals surface area contributed by atoms with Crippen LogP contribution in [0.15, 0.2) is 60.7 Å². The Kier molecular flexibility index (Phi) is 7.80. The summed E-state index contributed by atoms with van der Waals surface area (Å²) in [5, 5.41) is 8.95. The topological polar surface area (TPSA) is 63.6 Å². The van der Waals surface area contributed by atoms with Crippen LogP contribution in [0.4, 0.5) is 0 Å². The van der Waals surface area contributed by atoms with Crippen LogP contribution in [0.1, 0.15) is 48.5 Å². The lowest BCUT2D eigenvalue weighted by Gasteiger charge is -2.06. The quantitative estimate of drug-likeness (QED) is 0.353. The van der Waals surface area contributed by atoms with Crippen LogP contribution >= 0.6 is 0 Å². The third-order valence-corrected chi connectivity index (χ3v) is 4.36. The van der Waals surface area contributed by atoms with Gasteiger partial charge in [-0.25, -0.2) is 9.59 Å². The zero-order chi connectivity index (χ0) is 19.6. The molecule has 4 heteroatoms. The molecule has 2 rings (SSSR count). The van der Waals surface area contributed by atoms with Crippen LogP contribution in [0.2, 0.25) is 0 Å². The lowest BCUT2D eigenvalue weighted by atomic mass is 10.0. The minimum atomic E-state index is -0.911. The molecule has 0 fully saturated rings. The summed E-state index contributed by atoms with van der Waals surface area (Å²) in [6.45, 7) is 5.67. The number of hydrogen-bond donors (Lipinski definition) is 1. The Labute approximate surface area is 160 Å². The predicted molar refractivity (Wildman–Crippen MR) is 107 cm³/mol. The van der Waals surface area contributed by atoms with Gasteiger partial charge in [-0.3, -0.25) is 0 Å². The fourth-order valence-corrected chi connectivity index (χ4v) is 2.74. The molecule has 4 nitrogen and oxygen atoms in total. The van der Waals surface area contributed by atoms with Gasteiger partial charge in [-0.1, -0.05) is 55.8 Å². The van der Waals surface area contributed by atoms with Crippen LogP contribution in [0.3, 0.4) is 0 Å². The average Bonchev–Trinajstić information content (AvgIpc) is 2.67. The molecule has 0 unspecified atom stereocenters. The number of carbonyl (C=O) groups is 2. The van der Waals surface area contributed by atoms with Gasteiger partial charge in [-0.15, -0.1) is 0 Å². The van der Waals surface area contributed by atoms with E-state index in [1.54, 1.807) is 19.1 Å². The van der Waals surface area contributed by atoms with Gasteiger partial charge in [0, 0.05) is 5.57 Å². The fourth-order valence-electron chi connectivity index (χ4n) is 2.74. The molecular formula is C23H26O4. The highest BCUT2D eigenvalue weighted by atomic mass is 16.5. The van der Waals surface area contributed by atoms with E-state index in [9.17, 15) is 9.59 Å². The molecule has 0 radical (unpaired) electrons. The van der Waals surface area contributed by atoms with E-state index in [1.165, 1.54) is 5.56 Å². The number of ether oxygens (including phenoxy) is 1. The third-order valence-electron chi connectivity index (χ3n) is 4.36. The number of carboxylic acids is 1. The van der Waals surface area contributed by atoms with E-state index in [0.717, 1.165) is 43.2 Å². The van der Waals surface area contributed by atoms with Crippen molar-refractivity contribution in [2.75, 3.05) is 6.61 Å². The molecule has 0 aromatic heterocycles. The Morgan fingerprint density at radius 2 is 1.44 bits per heavy atom. The maximum absolute atomic E-state index is 11.2. The van der Waals surface area contributed by atoms with E-state index in [0.29, 0.717) is 17.7 Å². The van der Waals surface area contributed by atoms with Gasteiger partial charge >= 0.3 is 11.9 Å². The molecule has 1 N–H and O–H groups in total. The average molecular weight is 366 g/mol. The number of hydrogen-bond acceptors (Lipinski definition) is 3. The molecule has 0 spiro atoms. The standard InChI is InChI=1S/C23H26O4/c1-17(2)23(26)27-16-6-4-3-5-7-18-8-10-19(11-9-18)20-12-14-21(15-13-20)22(24)25/h8-15H,1,3-7,16H2,2H3,(H,24,25). The first-order valence-corrected chi connectivity index (χ1v) is 9.22. The van der Waals surface area contributed by atoms with Crippen LogP contribution in [0.25, 0.3) is 11.1 Å². The first-order valence-electron chi connectivity index (χ1n) is 9.22. The second-order valence-electron chi connectivity index (χ2n) is 6.66. The van der Waals surface area contributed by atoms with Gasteiger partial charge in [-0.2, -0.15) is 0 Å². The smallest absolute Gasteiger partial charge is 0.335 e. The van der Waals surface area contributed by atoms with E-state index in [-0.39, 0.29) is 5.97 Å². The molecule has 0 heterocycles. The lowest BCUT2D eigenvalue weighted by Crippen LogP contribution is -2.06. The fraction of sp³-hybridized carbons (Fsp3) is 0.304. The van der Waals surface area contributed by atoms with Crippen LogP contribution in [-0.4, -0.2) is 23.7 Å². The molecule has 0 aliphatic heterocycles. The zero-order valence-electron chi connectivity index (χ0n) is 15.7. The van der Waals surface area contributed by atoms with E-state index in [2.05, 4.69) is 30.8 Å². The number of aryl methyl sites for hydroxylation is 1. The monoisotopic (exact) mass is 366 g/mol. The maximum Gasteiger partial charge on any atom is 0.335 e. The normalized spacial score (nSPS) is 10.4. The van der Waals surface area contributed by atoms with Gasteiger partial charge < -0.3 is 9.84 Å². The van der Waals surface area contributed by atoms with Gasteiger partial charge in [0.05, 0.1) is 12.2 Å². The lowest BCUT2D eigenvalue weighted by molar-refractivity contribution is -0.139. The SMILES string of the molecule is C=C(C)C(=O)OCCCCCCc1ccc(-c2ccc(C(=O)O)cc2)cc1. The van der Waals surface area contributed by atoms with Crippen molar-refractivity contribution in [3.8, 4) is 11.1 Å². The molecule has 0 saturated carbocycles. The van der Waals surface area contributed by atoms with Crippen molar-refractivity contribution >= 4 is 11.9 Å². The number of aromatic carboxylic acids is 1. The molecular weight excluding hydrogens is 340 g/mol. The molecule has 0 saturated heterocycles. The molecule has 2 aromatic rings. The highest BCUT2D eigenvalue weighted by molar-refractivity contribution is 5.88. The summed E-state index contributed by atoms with van der Waals surface area (Å²) in [5.74, 6) is -1.22. The number of unbranched alkanes of at least 4 members (excludes halogenated alkanes) is 3. The largest absolute Gasteiger partial charge is 0.478 e. The summed E-state index contributed by atoms with van der Waals surface area (Å²) < 4.78 is 5.07. The molecule has 0 bridgehead atoms. The second-order valence-corrected chi connectivity index (χ2v) is 6.66. The molecule has 0 amide bonds. The summed E-state index contributed by atoms with van der Waals surface area (Å²) in [7, 11) is 0. The summed E-state index contributed by atoms with van der Waals surface area (Å²) in [5.41, 5.74) is 4.11. The predicted octanol–water partition coefficient (Wildman–Crippen LogP) is 5.27. The van der Waals surface area contributed by atoms with Gasteiger partial charge in [0.15, 0.2) is 0 Å². The Bertz CT molecular complexity index is 773. The van der Waals surface area contributed by atoms with Crippen molar-refractivity contribution in [2.24, 2.45) is 0 Å². The van der Waals surface area contributed by atoms with Crippen molar-refractivity contribution in [2.45, 2.75) is 39.0 Å². The van der Waals surface area contributed by atoms with Gasteiger partial charge in [0.25, 0.3) is 0 Å². The van der Waals surface area contributed by atoms with Gasteiger partial charge in [0.1, 0.15) is 0 Å². The number of benzene rings is 2. The van der Waals surface area contributed by atoms with Crippen molar-refractivity contribution in [1.29, 1.82) is 0 Å². The molecule has 27 heavy (non-hydrogen) atoms. The van der Waals surface area contributed by atoms with Crippen molar-refractivity contribution in [1.82, 2.24) is 0 Å². The summed E-state index contributed by atoms with van der Waals surface area (Å²) >= 11 is 0. The van der Waals surface area contributed by atoms with Crippen LogP contribution in [0, 0.1) is 0 Å². The Morgan fingerprint density at radius 1 is 0.889 bits per heavy atom. The van der Waals surface area contributed by atoms with Crippen LogP contribution in [0.5, 0.6) is 0 Å². The van der Waals surface area contributed by atoms with E-state index in [1.807, 2.05) is 12.1 Å². The number of esters is 1. The highest BCUT2D eigenvalue weighted by Gasteiger charge is 2.04. The van der Waals surface area contributed by atoms with E-state index < -0.39 is 5.97 Å². The van der Waals surface area contributed by atoms with Crippen molar-refractivity contribution < 1.29 is 19.4 Å². The first-order chi connectivity index (χ1) is 13.0. The molecule has 0 aliphatic carbocycles. The van der Waals surface area contributed by atoms with Crippen LogP contribution in [-0.2, 0) is 16.0 Å². The number of carboxylic acid groups (broad SMARTS) is 1. The van der Waals surface area contributed by atoms with E-state index in [4.69, 9.17) is 9.84 Å². The molecule has 0 aliphatic rings. The maximum atomic E-state index is 11.2. The summed E-state index contributed by atoms with van der Waals surface area (Å²) in [6, 6.07) is 15.3. The van der Waals surface area contributed by atoms with Gasteiger partial charge in [-0.05, 0) is 55.0 Å².